The van der Waals surface area contributed by atoms with E-state index in [-0.39, 0.29) is 12.5 Å². The number of ether oxygens (including phenoxy) is 1. The molecule has 1 aliphatic carbocycles. The van der Waals surface area contributed by atoms with Crippen molar-refractivity contribution in [2.45, 2.75) is 19.3 Å². The van der Waals surface area contributed by atoms with Crippen molar-refractivity contribution >= 4 is 5.91 Å². The molecule has 0 saturated carbocycles. The van der Waals surface area contributed by atoms with Crippen molar-refractivity contribution in [3.05, 3.63) is 29.3 Å². The average Bonchev–Trinajstić information content (AvgIpc) is 2.93. The molecule has 4 heteroatoms. The van der Waals surface area contributed by atoms with Crippen LogP contribution in [0.1, 0.15) is 17.5 Å². The zero-order chi connectivity index (χ0) is 13.1. The summed E-state index contributed by atoms with van der Waals surface area (Å²) in [4.78, 5) is 13.8. The average molecular weight is 260 g/mol. The molecule has 1 fully saturated rings. The highest BCUT2D eigenvalue weighted by Gasteiger charge is 2.17. The van der Waals surface area contributed by atoms with E-state index in [1.807, 2.05) is 11.0 Å². The van der Waals surface area contributed by atoms with Crippen molar-refractivity contribution in [3.8, 4) is 5.75 Å². The van der Waals surface area contributed by atoms with E-state index >= 15 is 0 Å². The number of piperazine rings is 1. The summed E-state index contributed by atoms with van der Waals surface area (Å²) < 4.78 is 5.63. The molecular weight excluding hydrogens is 240 g/mol. The minimum atomic E-state index is 0.0852. The van der Waals surface area contributed by atoms with E-state index in [2.05, 4.69) is 17.4 Å². The van der Waals surface area contributed by atoms with Crippen molar-refractivity contribution in [3.63, 3.8) is 0 Å². The van der Waals surface area contributed by atoms with Gasteiger partial charge in [0.15, 0.2) is 6.61 Å². The van der Waals surface area contributed by atoms with Crippen molar-refractivity contribution in [2.75, 3.05) is 32.8 Å². The number of rotatable bonds is 3. The summed E-state index contributed by atoms with van der Waals surface area (Å²) >= 11 is 0. The predicted octanol–water partition coefficient (Wildman–Crippen LogP) is 0.986. The third kappa shape index (κ3) is 2.89. The number of amides is 1. The summed E-state index contributed by atoms with van der Waals surface area (Å²) in [6.45, 7) is 3.48. The Morgan fingerprint density at radius 2 is 2.00 bits per heavy atom. The van der Waals surface area contributed by atoms with Crippen molar-refractivity contribution in [1.29, 1.82) is 0 Å². The van der Waals surface area contributed by atoms with E-state index in [4.69, 9.17) is 4.74 Å². The van der Waals surface area contributed by atoms with Crippen LogP contribution in [0.4, 0.5) is 0 Å². The number of hydrogen-bond donors (Lipinski definition) is 1. The van der Waals surface area contributed by atoms with Gasteiger partial charge in [-0.15, -0.1) is 0 Å². The fourth-order valence-corrected chi connectivity index (χ4v) is 2.79. The lowest BCUT2D eigenvalue weighted by Gasteiger charge is -2.27. The van der Waals surface area contributed by atoms with Crippen molar-refractivity contribution < 1.29 is 9.53 Å². The van der Waals surface area contributed by atoms with Crippen LogP contribution < -0.4 is 10.1 Å². The smallest absolute Gasteiger partial charge is 0.260 e. The Morgan fingerprint density at radius 1 is 1.21 bits per heavy atom. The molecule has 102 valence electrons. The van der Waals surface area contributed by atoms with Gasteiger partial charge in [0.25, 0.3) is 5.91 Å². The van der Waals surface area contributed by atoms with Gasteiger partial charge in [0, 0.05) is 26.2 Å². The summed E-state index contributed by atoms with van der Waals surface area (Å²) in [7, 11) is 0. The number of aryl methyl sites for hydroxylation is 2. The molecule has 0 radical (unpaired) electrons. The first-order valence-electron chi connectivity index (χ1n) is 7.06. The summed E-state index contributed by atoms with van der Waals surface area (Å²) in [6, 6.07) is 6.20. The maximum Gasteiger partial charge on any atom is 0.260 e. The molecule has 1 amide bonds. The minimum Gasteiger partial charge on any atom is -0.484 e. The molecular formula is C15H20N2O2. The first-order valence-corrected chi connectivity index (χ1v) is 7.06. The zero-order valence-corrected chi connectivity index (χ0v) is 11.2. The molecule has 4 nitrogen and oxygen atoms in total. The van der Waals surface area contributed by atoms with Gasteiger partial charge in [-0.25, -0.2) is 0 Å². The highest BCUT2D eigenvalue weighted by atomic mass is 16.5. The van der Waals surface area contributed by atoms with Gasteiger partial charge in [-0.05, 0) is 42.5 Å². The summed E-state index contributed by atoms with van der Waals surface area (Å²) in [6.07, 6.45) is 3.55. The van der Waals surface area contributed by atoms with Crippen LogP contribution in [0.3, 0.4) is 0 Å². The molecule has 3 rings (SSSR count). The second kappa shape index (κ2) is 5.61. The first-order chi connectivity index (χ1) is 9.33. The second-order valence-corrected chi connectivity index (χ2v) is 5.20. The van der Waals surface area contributed by atoms with E-state index in [9.17, 15) is 4.79 Å². The van der Waals surface area contributed by atoms with Crippen LogP contribution in [0.25, 0.3) is 0 Å². The van der Waals surface area contributed by atoms with Gasteiger partial charge in [-0.2, -0.15) is 0 Å². The Balaban J connectivity index is 1.55. The highest BCUT2D eigenvalue weighted by Crippen LogP contribution is 2.25. The molecule has 0 aromatic heterocycles. The van der Waals surface area contributed by atoms with Crippen molar-refractivity contribution in [1.82, 2.24) is 10.2 Å². The molecule has 1 aromatic rings. The molecule has 1 aromatic carbocycles. The van der Waals surface area contributed by atoms with Gasteiger partial charge in [-0.3, -0.25) is 4.79 Å². The quantitative estimate of drug-likeness (QED) is 0.881. The van der Waals surface area contributed by atoms with Crippen LogP contribution in [0.15, 0.2) is 18.2 Å². The molecule has 19 heavy (non-hydrogen) atoms. The SMILES string of the molecule is O=C(COc1ccc2c(c1)CCC2)N1CCNCC1. The first kappa shape index (κ1) is 12.5. The van der Waals surface area contributed by atoms with Crippen molar-refractivity contribution in [2.24, 2.45) is 0 Å². The van der Waals surface area contributed by atoms with Gasteiger partial charge in [0.05, 0.1) is 0 Å². The second-order valence-electron chi connectivity index (χ2n) is 5.20. The number of fused-ring (bicyclic) bond motifs is 1. The van der Waals surface area contributed by atoms with Crippen LogP contribution in [-0.2, 0) is 17.6 Å². The summed E-state index contributed by atoms with van der Waals surface area (Å²) in [5, 5.41) is 3.24. The largest absolute Gasteiger partial charge is 0.484 e. The van der Waals surface area contributed by atoms with Crippen LogP contribution in [0.2, 0.25) is 0 Å². The lowest BCUT2D eigenvalue weighted by Crippen LogP contribution is -2.47. The molecule has 0 atom stereocenters. The van der Waals surface area contributed by atoms with E-state index in [0.29, 0.717) is 0 Å². The fourth-order valence-electron chi connectivity index (χ4n) is 2.79. The van der Waals surface area contributed by atoms with Crippen LogP contribution in [-0.4, -0.2) is 43.6 Å². The third-order valence-electron chi connectivity index (χ3n) is 3.90. The third-order valence-corrected chi connectivity index (χ3v) is 3.90. The summed E-state index contributed by atoms with van der Waals surface area (Å²) in [5.74, 6) is 0.908. The number of hydrogen-bond acceptors (Lipinski definition) is 3. The Morgan fingerprint density at radius 3 is 2.84 bits per heavy atom. The maximum atomic E-state index is 12.0. The molecule has 0 bridgehead atoms. The Kier molecular flexibility index (Phi) is 3.69. The molecule has 0 spiro atoms. The number of nitrogens with one attached hydrogen (secondary N) is 1. The van der Waals surface area contributed by atoms with Crippen LogP contribution >= 0.6 is 0 Å². The van der Waals surface area contributed by atoms with Crippen LogP contribution in [0, 0.1) is 0 Å². The van der Waals surface area contributed by atoms with E-state index in [1.165, 1.54) is 24.0 Å². The molecule has 0 unspecified atom stereocenters. The normalized spacial score (nSPS) is 18.2. The number of carbonyl (C=O) groups excluding carboxylic acids is 1. The van der Waals surface area contributed by atoms with Gasteiger partial charge in [-0.1, -0.05) is 6.07 Å². The Hall–Kier alpha value is -1.55. The Bertz CT molecular complexity index is 467. The Labute approximate surface area is 113 Å². The topological polar surface area (TPSA) is 41.6 Å². The lowest BCUT2D eigenvalue weighted by molar-refractivity contribution is -0.133. The molecule has 1 N–H and O–H groups in total. The molecule has 1 saturated heterocycles. The predicted molar refractivity (Wildman–Crippen MR) is 73.4 cm³/mol. The molecule has 2 aliphatic rings. The standard InChI is InChI=1S/C15H20N2O2/c18-15(17-8-6-16-7-9-17)11-19-14-5-4-12-2-1-3-13(12)10-14/h4-5,10,16H,1-3,6-9,11H2. The van der Waals surface area contributed by atoms with Crippen LogP contribution in [0.5, 0.6) is 5.75 Å². The maximum absolute atomic E-state index is 12.0. The number of benzene rings is 1. The minimum absolute atomic E-state index is 0.0852. The highest BCUT2D eigenvalue weighted by molar-refractivity contribution is 5.77. The fraction of sp³-hybridized carbons (Fsp3) is 0.533. The van der Waals surface area contributed by atoms with Gasteiger partial charge in [0.2, 0.25) is 0 Å². The lowest BCUT2D eigenvalue weighted by atomic mass is 10.1. The van der Waals surface area contributed by atoms with E-state index in [1.54, 1.807) is 0 Å². The zero-order valence-electron chi connectivity index (χ0n) is 11.2. The molecule has 1 heterocycles. The van der Waals surface area contributed by atoms with E-state index < -0.39 is 0 Å². The van der Waals surface area contributed by atoms with Gasteiger partial charge in [0.1, 0.15) is 5.75 Å². The summed E-state index contributed by atoms with van der Waals surface area (Å²) in [5.41, 5.74) is 2.81. The number of nitrogens with zero attached hydrogens (tertiary/aromatic N) is 1. The van der Waals surface area contributed by atoms with E-state index in [0.717, 1.165) is 38.3 Å². The molecule has 1 aliphatic heterocycles. The van der Waals surface area contributed by atoms with Gasteiger partial charge < -0.3 is 15.0 Å². The number of carbonyl (C=O) groups is 1. The monoisotopic (exact) mass is 260 g/mol. The van der Waals surface area contributed by atoms with Gasteiger partial charge >= 0.3 is 0 Å².